The van der Waals surface area contributed by atoms with E-state index in [4.69, 9.17) is 9.47 Å². The van der Waals surface area contributed by atoms with Crippen molar-refractivity contribution in [3.8, 4) is 0 Å². The highest BCUT2D eigenvalue weighted by molar-refractivity contribution is 5.76. The fourth-order valence-corrected chi connectivity index (χ4v) is 12.4. The van der Waals surface area contributed by atoms with E-state index in [1.165, 1.54) is 321 Å². The van der Waals surface area contributed by atoms with Crippen LogP contribution in [-0.4, -0.2) is 87.5 Å². The topological polar surface area (TPSA) is 149 Å². The molecule has 84 heavy (non-hydrogen) atoms. The van der Waals surface area contributed by atoms with E-state index in [0.29, 0.717) is 12.8 Å². The number of nitrogens with one attached hydrogen (secondary N) is 1. The Balaban J connectivity index is 2.06. The van der Waals surface area contributed by atoms with Crippen molar-refractivity contribution >= 4 is 5.91 Å². The van der Waals surface area contributed by atoms with Crippen LogP contribution in [0.1, 0.15) is 393 Å². The molecule has 6 N–H and O–H groups in total. The summed E-state index contributed by atoms with van der Waals surface area (Å²) in [6.45, 7) is 3.89. The maximum absolute atomic E-state index is 13.2. The van der Waals surface area contributed by atoms with Crippen molar-refractivity contribution in [3.63, 3.8) is 0 Å². The van der Waals surface area contributed by atoms with Gasteiger partial charge in [-0.3, -0.25) is 4.79 Å². The van der Waals surface area contributed by atoms with Crippen molar-refractivity contribution in [3.05, 3.63) is 24.3 Å². The summed E-state index contributed by atoms with van der Waals surface area (Å²) >= 11 is 0. The van der Waals surface area contributed by atoms with E-state index in [1.54, 1.807) is 0 Å². The highest BCUT2D eigenvalue weighted by Gasteiger charge is 2.44. The molecule has 9 nitrogen and oxygen atoms in total. The largest absolute Gasteiger partial charge is 0.394 e. The Kier molecular flexibility index (Phi) is 62.1. The first kappa shape index (κ1) is 80.7. The molecule has 1 saturated heterocycles. The summed E-state index contributed by atoms with van der Waals surface area (Å²) in [4.78, 5) is 13.2. The molecule has 1 rings (SSSR count). The Hall–Kier alpha value is -1.33. The van der Waals surface area contributed by atoms with Gasteiger partial charge in [-0.1, -0.05) is 366 Å². The first-order valence-electron chi connectivity index (χ1n) is 37.5. The van der Waals surface area contributed by atoms with E-state index in [0.717, 1.165) is 44.9 Å². The molecule has 0 aliphatic carbocycles. The quantitative estimate of drug-likeness (QED) is 0.0261. The number of allylic oxidation sites excluding steroid dienone is 4. The van der Waals surface area contributed by atoms with E-state index >= 15 is 0 Å². The molecule has 7 unspecified atom stereocenters. The van der Waals surface area contributed by atoms with Crippen LogP contribution in [0.25, 0.3) is 0 Å². The van der Waals surface area contributed by atoms with Gasteiger partial charge in [0.15, 0.2) is 6.29 Å². The van der Waals surface area contributed by atoms with Gasteiger partial charge in [-0.25, -0.2) is 0 Å². The first-order valence-corrected chi connectivity index (χ1v) is 37.5. The Morgan fingerprint density at radius 3 is 1.02 bits per heavy atom. The Bertz CT molecular complexity index is 1380. The lowest BCUT2D eigenvalue weighted by molar-refractivity contribution is -0.302. The van der Waals surface area contributed by atoms with Gasteiger partial charge in [0, 0.05) is 6.42 Å². The zero-order chi connectivity index (χ0) is 60.7. The van der Waals surface area contributed by atoms with E-state index in [2.05, 4.69) is 43.5 Å². The third-order valence-electron chi connectivity index (χ3n) is 18.3. The highest BCUT2D eigenvalue weighted by Crippen LogP contribution is 2.24. The van der Waals surface area contributed by atoms with Crippen LogP contribution in [0, 0.1) is 0 Å². The summed E-state index contributed by atoms with van der Waals surface area (Å²) < 4.78 is 11.4. The molecule has 0 saturated carbocycles. The average molecular weight is 1190 g/mol. The third-order valence-corrected chi connectivity index (χ3v) is 18.3. The smallest absolute Gasteiger partial charge is 0.220 e. The molecule has 7 atom stereocenters. The molecule has 9 heteroatoms. The summed E-state index contributed by atoms with van der Waals surface area (Å²) in [5, 5.41) is 55.0. The number of unbranched alkanes of at least 4 members (excludes halogenated alkanes) is 53. The molecule has 1 fully saturated rings. The summed E-state index contributed by atoms with van der Waals surface area (Å²) in [7, 11) is 0. The number of carbonyl (C=O) groups excluding carboxylic acids is 1. The lowest BCUT2D eigenvalue weighted by Gasteiger charge is -2.40. The molecule has 1 aliphatic heterocycles. The second-order valence-corrected chi connectivity index (χ2v) is 26.5. The predicted molar refractivity (Wildman–Crippen MR) is 360 cm³/mol. The van der Waals surface area contributed by atoms with Crippen molar-refractivity contribution in [1.82, 2.24) is 5.32 Å². The van der Waals surface area contributed by atoms with Crippen molar-refractivity contribution in [2.45, 2.75) is 436 Å². The number of amides is 1. The molecular formula is C75H145NO8. The van der Waals surface area contributed by atoms with Gasteiger partial charge in [-0.2, -0.15) is 0 Å². The number of ether oxygens (including phenoxy) is 2. The van der Waals surface area contributed by atoms with E-state index in [9.17, 15) is 30.3 Å². The fraction of sp³-hybridized carbons (Fsp3) is 0.933. The zero-order valence-electron chi connectivity index (χ0n) is 55.9. The first-order chi connectivity index (χ1) is 41.3. The van der Waals surface area contributed by atoms with Crippen LogP contribution in [0.5, 0.6) is 0 Å². The van der Waals surface area contributed by atoms with Gasteiger partial charge >= 0.3 is 0 Å². The molecule has 0 aromatic heterocycles. The highest BCUT2D eigenvalue weighted by atomic mass is 16.7. The van der Waals surface area contributed by atoms with Crippen molar-refractivity contribution in [2.24, 2.45) is 0 Å². The molecule has 1 amide bonds. The van der Waals surface area contributed by atoms with Gasteiger partial charge in [-0.05, 0) is 44.9 Å². The van der Waals surface area contributed by atoms with Crippen LogP contribution in [0.4, 0.5) is 0 Å². The average Bonchev–Trinajstić information content (AvgIpc) is 3.70. The molecule has 498 valence electrons. The second-order valence-electron chi connectivity index (χ2n) is 26.5. The molecular weight excluding hydrogens is 1040 g/mol. The van der Waals surface area contributed by atoms with Crippen LogP contribution in [0.15, 0.2) is 24.3 Å². The maximum atomic E-state index is 13.2. The summed E-state index contributed by atoms with van der Waals surface area (Å²) in [6, 6.07) is -0.718. The van der Waals surface area contributed by atoms with Gasteiger partial charge in [0.05, 0.1) is 25.4 Å². The fourth-order valence-electron chi connectivity index (χ4n) is 12.4. The normalized spacial score (nSPS) is 18.2. The SMILES string of the molecule is CCCCCCC/C=C\C/C=C\CCCCCCCCCCCCCCCCCCCCCCCCCC(=O)NC(COC1OC(CO)C(O)C(O)C1O)C(O)CCCCCCCCCCCCCCCCCCCCCCCCCCCC. The van der Waals surface area contributed by atoms with E-state index in [-0.39, 0.29) is 12.5 Å². The summed E-state index contributed by atoms with van der Waals surface area (Å²) in [5.74, 6) is -0.134. The summed E-state index contributed by atoms with van der Waals surface area (Å²) in [6.07, 6.45) is 78.4. The minimum atomic E-state index is -1.55. The van der Waals surface area contributed by atoms with E-state index < -0.39 is 49.5 Å². The standard InChI is InChI=1S/C75H145NO8/c1-3-5-7-9-11-13-15-17-19-21-23-25-27-29-31-32-33-34-35-36-37-38-39-41-43-45-47-49-51-53-55-57-59-61-63-65-71(79)76-68(67-83-75-74(82)73(81)72(80)70(66-77)84-75)69(78)64-62-60-58-56-54-52-50-48-46-44-42-40-30-28-26-24-22-20-18-16-14-12-10-8-6-4-2/h15,17,21,23,68-70,72-75,77-78,80-82H,3-14,16,18-20,22,24-67H2,1-2H3,(H,76,79)/b17-15-,23-21-. The van der Waals surface area contributed by atoms with E-state index in [1.807, 2.05) is 0 Å². The van der Waals surface area contributed by atoms with Crippen LogP contribution in [0.3, 0.4) is 0 Å². The second kappa shape index (κ2) is 64.6. The molecule has 0 aromatic carbocycles. The van der Waals surface area contributed by atoms with Gasteiger partial charge < -0.3 is 40.3 Å². The number of rotatable bonds is 67. The molecule has 1 aliphatic rings. The summed E-state index contributed by atoms with van der Waals surface area (Å²) in [5.41, 5.74) is 0. The maximum Gasteiger partial charge on any atom is 0.220 e. The molecule has 0 spiro atoms. The lowest BCUT2D eigenvalue weighted by atomic mass is 9.99. The van der Waals surface area contributed by atoms with Gasteiger partial charge in [0.1, 0.15) is 24.4 Å². The number of aliphatic hydroxyl groups is 5. The number of aliphatic hydroxyl groups excluding tert-OH is 5. The number of hydrogen-bond donors (Lipinski definition) is 6. The van der Waals surface area contributed by atoms with Crippen LogP contribution in [-0.2, 0) is 14.3 Å². The van der Waals surface area contributed by atoms with Crippen LogP contribution in [0.2, 0.25) is 0 Å². The predicted octanol–water partition coefficient (Wildman–Crippen LogP) is 20.8. The minimum absolute atomic E-state index is 0.132. The molecule has 0 bridgehead atoms. The number of hydrogen-bond acceptors (Lipinski definition) is 8. The third kappa shape index (κ3) is 52.6. The van der Waals surface area contributed by atoms with Gasteiger partial charge in [0.2, 0.25) is 5.91 Å². The van der Waals surface area contributed by atoms with Crippen LogP contribution >= 0.6 is 0 Å². The molecule has 0 aromatic rings. The van der Waals surface area contributed by atoms with Crippen molar-refractivity contribution < 1.29 is 39.8 Å². The lowest BCUT2D eigenvalue weighted by Crippen LogP contribution is -2.60. The van der Waals surface area contributed by atoms with Crippen molar-refractivity contribution in [1.29, 1.82) is 0 Å². The van der Waals surface area contributed by atoms with Gasteiger partial charge in [0.25, 0.3) is 0 Å². The Morgan fingerprint density at radius 1 is 0.405 bits per heavy atom. The zero-order valence-corrected chi connectivity index (χ0v) is 55.9. The minimum Gasteiger partial charge on any atom is -0.394 e. The Morgan fingerprint density at radius 2 is 0.702 bits per heavy atom. The molecule has 1 heterocycles. The monoisotopic (exact) mass is 1190 g/mol. The molecule has 0 radical (unpaired) electrons. The van der Waals surface area contributed by atoms with Crippen LogP contribution < -0.4 is 5.32 Å². The Labute approximate surface area is 521 Å². The van der Waals surface area contributed by atoms with Gasteiger partial charge in [-0.15, -0.1) is 0 Å². The van der Waals surface area contributed by atoms with Crippen molar-refractivity contribution in [2.75, 3.05) is 13.2 Å². The number of carbonyl (C=O) groups is 1.